The number of ketones is 2. The molecule has 0 radical (unpaired) electrons. The Morgan fingerprint density at radius 1 is 0.618 bits per heavy atom. The molecule has 2 aromatic rings. The number of hydrogen-bond acceptors (Lipinski definition) is 4. The number of carbonyl (C=O) groups excluding carboxylic acids is 2. The van der Waals surface area contributed by atoms with Gasteiger partial charge in [0.15, 0.2) is 0 Å². The lowest BCUT2D eigenvalue weighted by Gasteiger charge is -2.39. The Labute approximate surface area is 204 Å². The van der Waals surface area contributed by atoms with Gasteiger partial charge in [0.05, 0.1) is 13.2 Å². The van der Waals surface area contributed by atoms with Gasteiger partial charge in [-0.3, -0.25) is 9.59 Å². The second-order valence-electron chi connectivity index (χ2n) is 10.9. The maximum Gasteiger partial charge on any atom is 0.134 e. The summed E-state index contributed by atoms with van der Waals surface area (Å²) in [6, 6.07) is 8.75. The molecule has 2 aliphatic carbocycles. The first kappa shape index (κ1) is 24.5. The Balaban J connectivity index is 1.50. The highest BCUT2D eigenvalue weighted by molar-refractivity contribution is 5.86. The summed E-state index contributed by atoms with van der Waals surface area (Å²) in [4.78, 5) is 23.1. The van der Waals surface area contributed by atoms with Gasteiger partial charge in [-0.15, -0.1) is 0 Å². The number of carbonyl (C=O) groups is 2. The third-order valence-corrected chi connectivity index (χ3v) is 8.09. The van der Waals surface area contributed by atoms with Crippen molar-refractivity contribution < 1.29 is 19.1 Å². The van der Waals surface area contributed by atoms with Crippen LogP contribution in [0.3, 0.4) is 0 Å². The quantitative estimate of drug-likeness (QED) is 0.408. The van der Waals surface area contributed by atoms with Crippen LogP contribution in [-0.2, 0) is 9.59 Å². The van der Waals surface area contributed by atoms with Gasteiger partial charge in [0.25, 0.3) is 0 Å². The summed E-state index contributed by atoms with van der Waals surface area (Å²) in [5, 5.41) is 0. The highest BCUT2D eigenvalue weighted by atomic mass is 16.5. The Bertz CT molecular complexity index is 975. The lowest BCUT2D eigenvalue weighted by atomic mass is 9.67. The van der Waals surface area contributed by atoms with Crippen LogP contribution >= 0.6 is 0 Å². The van der Waals surface area contributed by atoms with Crippen molar-refractivity contribution in [2.24, 2.45) is 10.8 Å². The van der Waals surface area contributed by atoms with Crippen LogP contribution in [0.1, 0.15) is 74.6 Å². The Kier molecular flexibility index (Phi) is 6.63. The van der Waals surface area contributed by atoms with E-state index in [9.17, 15) is 9.59 Å². The largest absolute Gasteiger partial charge is 0.492 e. The molecule has 0 aromatic heterocycles. The molecule has 0 spiro atoms. The lowest BCUT2D eigenvalue weighted by Crippen LogP contribution is -2.42. The molecule has 0 N–H and O–H groups in total. The number of Topliss-reactive ketones (excluding diaryl/α,β-unsaturated/α-hetero) is 2. The molecule has 182 valence electrons. The predicted octanol–water partition coefficient (Wildman–Crippen LogP) is 6.86. The van der Waals surface area contributed by atoms with E-state index in [2.05, 4.69) is 65.8 Å². The fraction of sp³-hybridized carbons (Fsp3) is 0.533. The van der Waals surface area contributed by atoms with Gasteiger partial charge in [0.1, 0.15) is 23.1 Å². The highest BCUT2D eigenvalue weighted by Crippen LogP contribution is 2.44. The smallest absolute Gasteiger partial charge is 0.134 e. The van der Waals surface area contributed by atoms with Crippen molar-refractivity contribution in [3.8, 4) is 22.6 Å². The average Bonchev–Trinajstić information content (AvgIpc) is 2.74. The molecule has 0 heterocycles. The van der Waals surface area contributed by atoms with Gasteiger partial charge in [-0.2, -0.15) is 0 Å². The van der Waals surface area contributed by atoms with Gasteiger partial charge in [0.2, 0.25) is 0 Å². The molecule has 0 amide bonds. The SMILES string of the molecule is CCC1(COc2c(C)cc(-c3cc(C)c(OCC4(CC)CC(=O)C4)c(C)c3)cc2C)CC(=O)C1. The summed E-state index contributed by atoms with van der Waals surface area (Å²) >= 11 is 0. The van der Waals surface area contributed by atoms with Gasteiger partial charge in [0, 0.05) is 36.5 Å². The van der Waals surface area contributed by atoms with Crippen LogP contribution in [0.25, 0.3) is 11.1 Å². The van der Waals surface area contributed by atoms with Crippen molar-refractivity contribution in [3.63, 3.8) is 0 Å². The predicted molar refractivity (Wildman–Crippen MR) is 136 cm³/mol. The van der Waals surface area contributed by atoms with Crippen molar-refractivity contribution >= 4 is 11.6 Å². The number of aryl methyl sites for hydroxylation is 4. The van der Waals surface area contributed by atoms with Gasteiger partial charge >= 0.3 is 0 Å². The summed E-state index contributed by atoms with van der Waals surface area (Å²) in [6.45, 7) is 13.9. The monoisotopic (exact) mass is 462 g/mol. The van der Waals surface area contributed by atoms with E-state index in [1.807, 2.05) is 0 Å². The van der Waals surface area contributed by atoms with Gasteiger partial charge in [-0.25, -0.2) is 0 Å². The summed E-state index contributed by atoms with van der Waals surface area (Å²) in [5.74, 6) is 2.56. The first-order valence-electron chi connectivity index (χ1n) is 12.6. The number of benzene rings is 2. The van der Waals surface area contributed by atoms with Crippen LogP contribution in [0, 0.1) is 38.5 Å². The second kappa shape index (κ2) is 9.20. The summed E-state index contributed by atoms with van der Waals surface area (Å²) in [7, 11) is 0. The van der Waals surface area contributed by atoms with Gasteiger partial charge in [-0.1, -0.05) is 13.8 Å². The maximum absolute atomic E-state index is 11.6. The molecule has 0 atom stereocenters. The van der Waals surface area contributed by atoms with Crippen molar-refractivity contribution in [3.05, 3.63) is 46.5 Å². The normalized spacial score (nSPS) is 18.3. The molecule has 2 fully saturated rings. The molecule has 4 nitrogen and oxygen atoms in total. The zero-order valence-corrected chi connectivity index (χ0v) is 21.6. The van der Waals surface area contributed by atoms with Crippen molar-refractivity contribution in [2.45, 2.75) is 80.1 Å². The number of hydrogen-bond donors (Lipinski definition) is 0. The van der Waals surface area contributed by atoms with Gasteiger partial charge < -0.3 is 9.47 Å². The summed E-state index contributed by atoms with van der Waals surface area (Å²) in [6.07, 6.45) is 4.50. The molecule has 0 bridgehead atoms. The first-order valence-corrected chi connectivity index (χ1v) is 12.6. The zero-order chi connectivity index (χ0) is 24.7. The Hall–Kier alpha value is -2.62. The molecular weight excluding hydrogens is 424 g/mol. The fourth-order valence-corrected chi connectivity index (χ4v) is 5.62. The van der Waals surface area contributed by atoms with Crippen LogP contribution in [-0.4, -0.2) is 24.8 Å². The standard InChI is InChI=1S/C30H38O4/c1-7-29(13-25(31)14-29)17-33-27-19(3)9-23(10-20(27)4)24-11-21(5)28(22(6)12-24)34-18-30(8-2)15-26(32)16-30/h9-12H,7-8,13-18H2,1-6H3. The van der Waals surface area contributed by atoms with Crippen LogP contribution in [0.15, 0.2) is 24.3 Å². The number of ether oxygens (including phenoxy) is 2. The maximum atomic E-state index is 11.6. The van der Waals surface area contributed by atoms with E-state index in [4.69, 9.17) is 9.47 Å². The molecule has 2 aliphatic rings. The van der Waals surface area contributed by atoms with E-state index < -0.39 is 0 Å². The minimum atomic E-state index is 0.0157. The van der Waals surface area contributed by atoms with Crippen LogP contribution < -0.4 is 9.47 Å². The van der Waals surface area contributed by atoms with Crippen LogP contribution in [0.5, 0.6) is 11.5 Å². The van der Waals surface area contributed by atoms with E-state index in [1.165, 1.54) is 11.1 Å². The summed E-state index contributed by atoms with van der Waals surface area (Å²) < 4.78 is 12.5. The fourth-order valence-electron chi connectivity index (χ4n) is 5.62. The van der Waals surface area contributed by atoms with Crippen molar-refractivity contribution in [1.82, 2.24) is 0 Å². The van der Waals surface area contributed by atoms with E-state index in [-0.39, 0.29) is 10.8 Å². The molecule has 4 rings (SSSR count). The molecule has 0 aliphatic heterocycles. The minimum Gasteiger partial charge on any atom is -0.492 e. The molecule has 0 saturated heterocycles. The molecule has 0 unspecified atom stereocenters. The van der Waals surface area contributed by atoms with E-state index in [1.54, 1.807) is 0 Å². The van der Waals surface area contributed by atoms with E-state index >= 15 is 0 Å². The number of rotatable bonds is 9. The molecule has 34 heavy (non-hydrogen) atoms. The third-order valence-electron chi connectivity index (χ3n) is 8.09. The van der Waals surface area contributed by atoms with E-state index in [0.717, 1.165) is 46.6 Å². The lowest BCUT2D eigenvalue weighted by molar-refractivity contribution is -0.135. The third kappa shape index (κ3) is 4.64. The van der Waals surface area contributed by atoms with Crippen LogP contribution in [0.2, 0.25) is 0 Å². The highest BCUT2D eigenvalue weighted by Gasteiger charge is 2.43. The first-order chi connectivity index (χ1) is 16.1. The van der Waals surface area contributed by atoms with Crippen molar-refractivity contribution in [2.75, 3.05) is 13.2 Å². The minimum absolute atomic E-state index is 0.0157. The molecular formula is C30H38O4. The van der Waals surface area contributed by atoms with Gasteiger partial charge in [-0.05, 0) is 98.2 Å². The zero-order valence-electron chi connectivity index (χ0n) is 21.6. The average molecular weight is 463 g/mol. The molecule has 4 heteroatoms. The second-order valence-corrected chi connectivity index (χ2v) is 10.9. The van der Waals surface area contributed by atoms with Crippen molar-refractivity contribution in [1.29, 1.82) is 0 Å². The molecule has 2 aromatic carbocycles. The van der Waals surface area contributed by atoms with E-state index in [0.29, 0.717) is 50.5 Å². The Morgan fingerprint density at radius 3 is 1.15 bits per heavy atom. The topological polar surface area (TPSA) is 52.6 Å². The van der Waals surface area contributed by atoms with Crippen LogP contribution in [0.4, 0.5) is 0 Å². The summed E-state index contributed by atoms with van der Waals surface area (Å²) in [5.41, 5.74) is 6.81. The Morgan fingerprint density at radius 2 is 0.912 bits per heavy atom. The molecule has 2 saturated carbocycles.